The van der Waals surface area contributed by atoms with Crippen LogP contribution in [0.1, 0.15) is 27.2 Å². The summed E-state index contributed by atoms with van der Waals surface area (Å²) in [5.74, 6) is 0.417. The highest BCUT2D eigenvalue weighted by molar-refractivity contribution is 9.10. The number of halogens is 1. The van der Waals surface area contributed by atoms with E-state index in [1.807, 2.05) is 45.0 Å². The number of nitrogens with one attached hydrogen (secondary N) is 1. The Balaban J connectivity index is 2.13. The van der Waals surface area contributed by atoms with E-state index in [9.17, 15) is 4.79 Å². The normalized spacial score (nSPS) is 13.0. The minimum atomic E-state index is -0.637. The van der Waals surface area contributed by atoms with Gasteiger partial charge in [-0.25, -0.2) is 0 Å². The average molecular weight is 408 g/mol. The Hall–Kier alpha value is -2.15. The number of ether oxygens (including phenoxy) is 1. The van der Waals surface area contributed by atoms with Crippen LogP contribution in [0.2, 0.25) is 0 Å². The average Bonchev–Trinajstić information content (AvgIpc) is 2.57. The lowest BCUT2D eigenvalue weighted by molar-refractivity contribution is -0.129. The van der Waals surface area contributed by atoms with Crippen LogP contribution in [-0.4, -0.2) is 35.9 Å². The Kier molecular flexibility index (Phi) is 6.36. The van der Waals surface area contributed by atoms with Gasteiger partial charge in [-0.05, 0) is 60.5 Å². The summed E-state index contributed by atoms with van der Waals surface area (Å²) in [5.41, 5.74) is 0.229. The Bertz CT molecular complexity index is 777. The largest absolute Gasteiger partial charge is 0.481 e. The number of amides is 1. The number of carbonyl (C=O) groups is 1. The van der Waals surface area contributed by atoms with Gasteiger partial charge in [-0.3, -0.25) is 9.78 Å². The van der Waals surface area contributed by atoms with Crippen LogP contribution in [0.25, 0.3) is 10.9 Å². The van der Waals surface area contributed by atoms with Gasteiger partial charge in [0.05, 0.1) is 17.3 Å². The van der Waals surface area contributed by atoms with E-state index in [1.54, 1.807) is 6.20 Å². The second-order valence-corrected chi connectivity index (χ2v) is 7.07. The number of benzene rings is 1. The highest BCUT2D eigenvalue weighted by Gasteiger charge is 2.25. The standard InChI is InChI=1S/C18H22BrN3O3/c1-5-16(17(23)22-18(2,3)11-21-24-4)25-14-6-7-15-12(9-14)8-13(19)10-20-15/h6-11,16H,5H2,1-4H3,(H,22,23)/b21-11+. The van der Waals surface area contributed by atoms with Crippen molar-refractivity contribution in [1.82, 2.24) is 10.3 Å². The van der Waals surface area contributed by atoms with E-state index in [4.69, 9.17) is 4.74 Å². The smallest absolute Gasteiger partial charge is 0.261 e. The number of hydrogen-bond donors (Lipinski definition) is 1. The second kappa shape index (κ2) is 8.29. The third kappa shape index (κ3) is 5.42. The summed E-state index contributed by atoms with van der Waals surface area (Å²) in [5, 5.41) is 7.55. The highest BCUT2D eigenvalue weighted by atomic mass is 79.9. The van der Waals surface area contributed by atoms with E-state index in [0.717, 1.165) is 15.4 Å². The minimum Gasteiger partial charge on any atom is -0.481 e. The molecule has 1 heterocycles. The number of oxime groups is 1. The van der Waals surface area contributed by atoms with Crippen molar-refractivity contribution in [3.8, 4) is 5.75 Å². The fourth-order valence-electron chi connectivity index (χ4n) is 2.26. The lowest BCUT2D eigenvalue weighted by atomic mass is 10.1. The van der Waals surface area contributed by atoms with E-state index in [0.29, 0.717) is 12.2 Å². The van der Waals surface area contributed by atoms with Gasteiger partial charge in [0, 0.05) is 16.1 Å². The maximum atomic E-state index is 12.5. The predicted molar refractivity (Wildman–Crippen MR) is 102 cm³/mol. The first-order valence-electron chi connectivity index (χ1n) is 7.96. The van der Waals surface area contributed by atoms with E-state index in [-0.39, 0.29) is 5.91 Å². The van der Waals surface area contributed by atoms with Crippen LogP contribution in [0.15, 0.2) is 40.1 Å². The predicted octanol–water partition coefficient (Wildman–Crippen LogP) is 3.68. The first-order valence-corrected chi connectivity index (χ1v) is 8.75. The molecule has 7 heteroatoms. The summed E-state index contributed by atoms with van der Waals surface area (Å²) < 4.78 is 6.78. The molecule has 1 amide bonds. The van der Waals surface area contributed by atoms with Crippen LogP contribution in [0.3, 0.4) is 0 Å². The van der Waals surface area contributed by atoms with Crippen molar-refractivity contribution < 1.29 is 14.4 Å². The Morgan fingerprint density at radius 3 is 2.88 bits per heavy atom. The fourth-order valence-corrected chi connectivity index (χ4v) is 2.61. The molecule has 1 aromatic carbocycles. The zero-order chi connectivity index (χ0) is 18.4. The number of rotatable bonds is 7. The highest BCUT2D eigenvalue weighted by Crippen LogP contribution is 2.23. The van der Waals surface area contributed by atoms with E-state index >= 15 is 0 Å². The molecule has 0 spiro atoms. The summed E-state index contributed by atoms with van der Waals surface area (Å²) in [6.45, 7) is 5.57. The van der Waals surface area contributed by atoms with Crippen molar-refractivity contribution in [1.29, 1.82) is 0 Å². The van der Waals surface area contributed by atoms with Gasteiger partial charge < -0.3 is 14.9 Å². The fraction of sp³-hybridized carbons (Fsp3) is 0.389. The van der Waals surface area contributed by atoms with Crippen molar-refractivity contribution in [2.24, 2.45) is 5.16 Å². The maximum absolute atomic E-state index is 12.5. The molecule has 0 bridgehead atoms. The monoisotopic (exact) mass is 407 g/mol. The summed E-state index contributed by atoms with van der Waals surface area (Å²) >= 11 is 3.41. The second-order valence-electron chi connectivity index (χ2n) is 6.15. The molecule has 0 aliphatic carbocycles. The maximum Gasteiger partial charge on any atom is 0.261 e. The van der Waals surface area contributed by atoms with Gasteiger partial charge in [-0.2, -0.15) is 0 Å². The number of hydrogen-bond acceptors (Lipinski definition) is 5. The van der Waals surface area contributed by atoms with Gasteiger partial charge in [0.1, 0.15) is 12.9 Å². The van der Waals surface area contributed by atoms with E-state index in [1.165, 1.54) is 13.3 Å². The molecule has 0 aliphatic rings. The molecule has 1 aromatic heterocycles. The van der Waals surface area contributed by atoms with Crippen LogP contribution >= 0.6 is 15.9 Å². The van der Waals surface area contributed by atoms with Crippen molar-refractivity contribution in [2.75, 3.05) is 7.11 Å². The molecule has 134 valence electrons. The summed E-state index contributed by atoms with van der Waals surface area (Å²) in [6, 6.07) is 7.52. The molecule has 0 radical (unpaired) electrons. The van der Waals surface area contributed by atoms with Gasteiger partial charge in [0.15, 0.2) is 6.10 Å². The molecule has 0 fully saturated rings. The van der Waals surface area contributed by atoms with Gasteiger partial charge in [-0.1, -0.05) is 12.1 Å². The zero-order valence-electron chi connectivity index (χ0n) is 14.7. The van der Waals surface area contributed by atoms with Gasteiger partial charge in [-0.15, -0.1) is 0 Å². The van der Waals surface area contributed by atoms with Crippen LogP contribution in [0.4, 0.5) is 0 Å². The first kappa shape index (κ1) is 19.2. The molecule has 0 saturated heterocycles. The summed E-state index contributed by atoms with van der Waals surface area (Å²) in [7, 11) is 1.46. The molecule has 6 nitrogen and oxygen atoms in total. The molecule has 2 rings (SSSR count). The van der Waals surface area contributed by atoms with E-state index in [2.05, 4.69) is 36.2 Å². The van der Waals surface area contributed by atoms with Crippen LogP contribution < -0.4 is 10.1 Å². The molecule has 1 unspecified atom stereocenters. The number of fused-ring (bicyclic) bond motifs is 1. The lowest BCUT2D eigenvalue weighted by Crippen LogP contribution is -2.50. The van der Waals surface area contributed by atoms with Crippen LogP contribution in [0, 0.1) is 0 Å². The molecule has 25 heavy (non-hydrogen) atoms. The summed E-state index contributed by atoms with van der Waals surface area (Å²) in [6.07, 6.45) is 3.22. The Labute approximate surface area is 155 Å². The molecular formula is C18H22BrN3O3. The SMILES string of the molecule is CCC(Oc1ccc2ncc(Br)cc2c1)C(=O)NC(C)(C)/C=N/OC. The quantitative estimate of drug-likeness (QED) is 0.561. The Morgan fingerprint density at radius 1 is 1.44 bits per heavy atom. The van der Waals surface area contributed by atoms with Crippen LogP contribution in [-0.2, 0) is 9.63 Å². The van der Waals surface area contributed by atoms with Crippen LogP contribution in [0.5, 0.6) is 5.75 Å². The Morgan fingerprint density at radius 2 is 2.20 bits per heavy atom. The van der Waals surface area contributed by atoms with Crippen molar-refractivity contribution >= 4 is 39.0 Å². The van der Waals surface area contributed by atoms with Gasteiger partial charge in [0.25, 0.3) is 5.91 Å². The first-order chi connectivity index (χ1) is 11.8. The molecule has 1 atom stereocenters. The zero-order valence-corrected chi connectivity index (χ0v) is 16.3. The molecule has 1 N–H and O–H groups in total. The minimum absolute atomic E-state index is 0.206. The van der Waals surface area contributed by atoms with Crippen molar-refractivity contribution in [2.45, 2.75) is 38.8 Å². The van der Waals surface area contributed by atoms with Gasteiger partial charge in [0.2, 0.25) is 0 Å². The van der Waals surface area contributed by atoms with Gasteiger partial charge >= 0.3 is 0 Å². The van der Waals surface area contributed by atoms with Crippen molar-refractivity contribution in [3.63, 3.8) is 0 Å². The molecule has 0 saturated carbocycles. The lowest BCUT2D eigenvalue weighted by Gasteiger charge is -2.25. The third-order valence-corrected chi connectivity index (χ3v) is 3.92. The number of carbonyl (C=O) groups excluding carboxylic acids is 1. The van der Waals surface area contributed by atoms with Crippen molar-refractivity contribution in [3.05, 3.63) is 34.9 Å². The summed E-state index contributed by atoms with van der Waals surface area (Å²) in [4.78, 5) is 21.5. The number of aromatic nitrogens is 1. The molecular weight excluding hydrogens is 386 g/mol. The topological polar surface area (TPSA) is 72.8 Å². The number of pyridine rings is 1. The molecule has 2 aromatic rings. The van der Waals surface area contributed by atoms with E-state index < -0.39 is 11.6 Å². The molecule has 0 aliphatic heterocycles. The number of nitrogens with zero attached hydrogens (tertiary/aromatic N) is 2. The third-order valence-electron chi connectivity index (χ3n) is 3.49.